The summed E-state index contributed by atoms with van der Waals surface area (Å²) in [5, 5.41) is 5.18. The van der Waals surface area contributed by atoms with Gasteiger partial charge in [-0.25, -0.2) is 4.79 Å². The lowest BCUT2D eigenvalue weighted by atomic mass is 10.2. The van der Waals surface area contributed by atoms with Gasteiger partial charge in [0.25, 0.3) is 0 Å². The van der Waals surface area contributed by atoms with E-state index < -0.39 is 11.7 Å². The first-order chi connectivity index (χ1) is 8.80. The van der Waals surface area contributed by atoms with E-state index in [1.54, 1.807) is 45.0 Å². The van der Waals surface area contributed by atoms with Crippen LogP contribution in [0, 0.1) is 0 Å². The number of carbonyl (C=O) groups is 2. The van der Waals surface area contributed by atoms with Crippen LogP contribution in [0.1, 0.15) is 20.8 Å². The Morgan fingerprint density at radius 1 is 1.21 bits per heavy atom. The molecule has 0 radical (unpaired) electrons. The summed E-state index contributed by atoms with van der Waals surface area (Å²) < 4.78 is 5.13. The molecule has 0 bridgehead atoms. The fourth-order valence-corrected chi connectivity index (χ4v) is 1.36. The third-order valence-corrected chi connectivity index (χ3v) is 2.16. The van der Waals surface area contributed by atoms with E-state index in [0.717, 1.165) is 0 Å². The third-order valence-electron chi connectivity index (χ3n) is 1.91. The quantitative estimate of drug-likeness (QED) is 0.838. The molecule has 0 unspecified atom stereocenters. The van der Waals surface area contributed by atoms with E-state index in [4.69, 9.17) is 16.3 Å². The summed E-state index contributed by atoms with van der Waals surface area (Å²) in [6, 6.07) is 6.72. The highest BCUT2D eigenvalue weighted by molar-refractivity contribution is 6.29. The van der Waals surface area contributed by atoms with Gasteiger partial charge in [0, 0.05) is 11.4 Å². The Labute approximate surface area is 117 Å². The number of anilines is 2. The summed E-state index contributed by atoms with van der Waals surface area (Å²) in [4.78, 5) is 22.7. The summed E-state index contributed by atoms with van der Waals surface area (Å²) in [6.07, 6.45) is -0.548. The van der Waals surface area contributed by atoms with E-state index in [0.29, 0.717) is 11.4 Å². The minimum absolute atomic E-state index is 0.121. The molecule has 0 aliphatic rings. The molecule has 1 aromatic carbocycles. The molecule has 0 aliphatic heterocycles. The molecule has 6 heteroatoms. The van der Waals surface area contributed by atoms with E-state index in [1.807, 2.05) is 0 Å². The maximum atomic E-state index is 11.6. The SMILES string of the molecule is CC(C)(C)OC(=O)Nc1cccc(NC(=O)CCl)c1. The Bertz CT molecular complexity index is 469. The maximum Gasteiger partial charge on any atom is 0.412 e. The highest BCUT2D eigenvalue weighted by Crippen LogP contribution is 2.16. The normalized spacial score (nSPS) is 10.7. The zero-order valence-corrected chi connectivity index (χ0v) is 11.9. The molecule has 0 saturated heterocycles. The van der Waals surface area contributed by atoms with Gasteiger partial charge in [0.1, 0.15) is 11.5 Å². The first kappa shape index (κ1) is 15.3. The van der Waals surface area contributed by atoms with Crippen LogP contribution < -0.4 is 10.6 Å². The number of nitrogens with one attached hydrogen (secondary N) is 2. The first-order valence-electron chi connectivity index (χ1n) is 5.76. The lowest BCUT2D eigenvalue weighted by Gasteiger charge is -2.19. The van der Waals surface area contributed by atoms with Crippen LogP contribution in [0.25, 0.3) is 0 Å². The topological polar surface area (TPSA) is 67.4 Å². The average Bonchev–Trinajstić information content (AvgIpc) is 2.26. The molecular weight excluding hydrogens is 268 g/mol. The highest BCUT2D eigenvalue weighted by Gasteiger charge is 2.16. The number of hydrogen-bond donors (Lipinski definition) is 2. The third kappa shape index (κ3) is 6.10. The van der Waals surface area contributed by atoms with Crippen LogP contribution in [-0.2, 0) is 9.53 Å². The van der Waals surface area contributed by atoms with Gasteiger partial charge in [0.05, 0.1) is 0 Å². The molecule has 2 amide bonds. The van der Waals surface area contributed by atoms with Gasteiger partial charge in [-0.1, -0.05) is 6.07 Å². The lowest BCUT2D eigenvalue weighted by Crippen LogP contribution is -2.27. The van der Waals surface area contributed by atoms with Gasteiger partial charge < -0.3 is 10.1 Å². The van der Waals surface area contributed by atoms with Gasteiger partial charge in [-0.15, -0.1) is 11.6 Å². The van der Waals surface area contributed by atoms with Crippen molar-refractivity contribution < 1.29 is 14.3 Å². The van der Waals surface area contributed by atoms with Gasteiger partial charge in [-0.2, -0.15) is 0 Å². The van der Waals surface area contributed by atoms with Crippen LogP contribution in [0.4, 0.5) is 16.2 Å². The second kappa shape index (κ2) is 6.43. The average molecular weight is 285 g/mol. The fourth-order valence-electron chi connectivity index (χ4n) is 1.29. The Morgan fingerprint density at radius 2 is 1.79 bits per heavy atom. The van der Waals surface area contributed by atoms with Crippen molar-refractivity contribution in [3.63, 3.8) is 0 Å². The van der Waals surface area contributed by atoms with E-state index in [-0.39, 0.29) is 11.8 Å². The Morgan fingerprint density at radius 3 is 2.32 bits per heavy atom. The smallest absolute Gasteiger partial charge is 0.412 e. The molecular formula is C13H17ClN2O3. The molecule has 19 heavy (non-hydrogen) atoms. The van der Waals surface area contributed by atoms with E-state index in [2.05, 4.69) is 10.6 Å². The predicted octanol–water partition coefficient (Wildman–Crippen LogP) is 3.21. The monoisotopic (exact) mass is 284 g/mol. The molecule has 0 spiro atoms. The van der Waals surface area contributed by atoms with Crippen LogP contribution in [-0.4, -0.2) is 23.5 Å². The summed E-state index contributed by atoms with van der Waals surface area (Å²) >= 11 is 5.40. The molecule has 2 N–H and O–H groups in total. The van der Waals surface area contributed by atoms with Gasteiger partial charge in [0.15, 0.2) is 0 Å². The van der Waals surface area contributed by atoms with Crippen molar-refractivity contribution in [3.8, 4) is 0 Å². The molecule has 0 fully saturated rings. The molecule has 1 rings (SSSR count). The van der Waals surface area contributed by atoms with Crippen molar-refractivity contribution in [2.24, 2.45) is 0 Å². The van der Waals surface area contributed by atoms with Crippen LogP contribution in [0.3, 0.4) is 0 Å². The molecule has 0 aliphatic carbocycles. The number of halogens is 1. The second-order valence-electron chi connectivity index (χ2n) is 4.89. The Hall–Kier alpha value is -1.75. The van der Waals surface area contributed by atoms with Crippen molar-refractivity contribution in [1.29, 1.82) is 0 Å². The van der Waals surface area contributed by atoms with Crippen molar-refractivity contribution in [3.05, 3.63) is 24.3 Å². The highest BCUT2D eigenvalue weighted by atomic mass is 35.5. The van der Waals surface area contributed by atoms with Gasteiger partial charge in [-0.3, -0.25) is 10.1 Å². The molecule has 0 saturated carbocycles. The molecule has 5 nitrogen and oxygen atoms in total. The standard InChI is InChI=1S/C13H17ClN2O3/c1-13(2,3)19-12(18)16-10-6-4-5-9(7-10)15-11(17)8-14/h4-7H,8H2,1-3H3,(H,15,17)(H,16,18). The lowest BCUT2D eigenvalue weighted by molar-refractivity contribution is -0.113. The number of alkyl halides is 1. The molecule has 0 aromatic heterocycles. The summed E-state index contributed by atoms with van der Waals surface area (Å²) in [5.41, 5.74) is 0.523. The number of ether oxygens (including phenoxy) is 1. The zero-order valence-electron chi connectivity index (χ0n) is 11.1. The number of rotatable bonds is 3. The zero-order chi connectivity index (χ0) is 14.5. The van der Waals surface area contributed by atoms with Crippen LogP contribution in [0.15, 0.2) is 24.3 Å². The van der Waals surface area contributed by atoms with Crippen molar-refractivity contribution in [2.75, 3.05) is 16.5 Å². The van der Waals surface area contributed by atoms with Gasteiger partial charge in [0.2, 0.25) is 5.91 Å². The molecule has 104 valence electrons. The Balaban J connectivity index is 2.67. The first-order valence-corrected chi connectivity index (χ1v) is 6.29. The number of amides is 2. The van der Waals surface area contributed by atoms with Crippen LogP contribution >= 0.6 is 11.6 Å². The van der Waals surface area contributed by atoms with Crippen LogP contribution in [0.2, 0.25) is 0 Å². The van der Waals surface area contributed by atoms with Crippen molar-refractivity contribution in [1.82, 2.24) is 0 Å². The van der Waals surface area contributed by atoms with Gasteiger partial charge in [-0.05, 0) is 39.0 Å². The molecule has 1 aromatic rings. The van der Waals surface area contributed by atoms with Gasteiger partial charge >= 0.3 is 6.09 Å². The molecule has 0 heterocycles. The number of hydrogen-bond acceptors (Lipinski definition) is 3. The minimum atomic E-state index is -0.561. The summed E-state index contributed by atoms with van der Waals surface area (Å²) in [7, 11) is 0. The largest absolute Gasteiger partial charge is 0.444 e. The summed E-state index contributed by atoms with van der Waals surface area (Å²) in [6.45, 7) is 5.34. The second-order valence-corrected chi connectivity index (χ2v) is 5.16. The van der Waals surface area contributed by atoms with E-state index >= 15 is 0 Å². The maximum absolute atomic E-state index is 11.6. The number of carbonyl (C=O) groups excluding carboxylic acids is 2. The fraction of sp³-hybridized carbons (Fsp3) is 0.385. The van der Waals surface area contributed by atoms with Crippen molar-refractivity contribution in [2.45, 2.75) is 26.4 Å². The minimum Gasteiger partial charge on any atom is -0.444 e. The van der Waals surface area contributed by atoms with E-state index in [9.17, 15) is 9.59 Å². The van der Waals surface area contributed by atoms with Crippen molar-refractivity contribution >= 4 is 35.0 Å². The Kier molecular flexibility index (Phi) is 5.18. The summed E-state index contributed by atoms with van der Waals surface area (Å²) in [5.74, 6) is -0.430. The predicted molar refractivity (Wildman–Crippen MR) is 75.6 cm³/mol. The van der Waals surface area contributed by atoms with Crippen LogP contribution in [0.5, 0.6) is 0 Å². The van der Waals surface area contributed by atoms with E-state index in [1.165, 1.54) is 0 Å². The molecule has 0 atom stereocenters. The number of benzene rings is 1.